The van der Waals surface area contributed by atoms with Gasteiger partial charge in [-0.3, -0.25) is 9.59 Å². The van der Waals surface area contributed by atoms with E-state index in [4.69, 9.17) is 5.26 Å². The van der Waals surface area contributed by atoms with Crippen LogP contribution < -0.4 is 0 Å². The van der Waals surface area contributed by atoms with Crippen molar-refractivity contribution >= 4 is 36.4 Å². The molecule has 64 valence electrons. The lowest BCUT2D eigenvalue weighted by atomic mass is 10.1. The van der Waals surface area contributed by atoms with Crippen LogP contribution in [0.5, 0.6) is 0 Å². The van der Waals surface area contributed by atoms with Crippen molar-refractivity contribution < 1.29 is 9.59 Å². The molecule has 1 rings (SSSR count). The van der Waals surface area contributed by atoms with Crippen LogP contribution in [0, 0.1) is 11.3 Å². The normalized spacial score (nSPS) is 13.8. The van der Waals surface area contributed by atoms with Gasteiger partial charge in [0.05, 0.1) is 0 Å². The maximum atomic E-state index is 10.6. The maximum Gasteiger partial charge on any atom is 0.196 e. The Labute approximate surface area is 81.6 Å². The van der Waals surface area contributed by atoms with Crippen LogP contribution in [0.4, 0.5) is 0 Å². The molecule has 1 aliphatic carbocycles. The number of carbonyl (C=O) groups is 2. The molecule has 0 saturated heterocycles. The van der Waals surface area contributed by atoms with Gasteiger partial charge in [-0.25, -0.2) is 0 Å². The summed E-state index contributed by atoms with van der Waals surface area (Å²) in [5.74, 6) is -0.710. The summed E-state index contributed by atoms with van der Waals surface area (Å²) in [6, 6.07) is 1.62. The predicted molar refractivity (Wildman–Crippen MR) is 47.3 cm³/mol. The number of allylic oxidation sites excluding steroid dienone is 4. The van der Waals surface area contributed by atoms with Crippen molar-refractivity contribution in [1.82, 2.24) is 0 Å². The molecule has 0 heterocycles. The van der Waals surface area contributed by atoms with Crippen molar-refractivity contribution in [3.63, 3.8) is 0 Å². The number of nitriles is 1. The molecule has 0 amide bonds. The quantitative estimate of drug-likeness (QED) is 0.555. The molecule has 0 radical (unpaired) electrons. The Kier molecular flexibility index (Phi) is 6.21. The van der Waals surface area contributed by atoms with Crippen LogP contribution in [0.2, 0.25) is 0 Å². The smallest absolute Gasteiger partial charge is 0.196 e. The molecule has 12 heavy (non-hydrogen) atoms. The third-order valence-electron chi connectivity index (χ3n) is 1.07. The van der Waals surface area contributed by atoms with Crippen molar-refractivity contribution in [2.75, 3.05) is 0 Å². The third-order valence-corrected chi connectivity index (χ3v) is 1.07. The SMILES string of the molecule is Cl.Cl.N#CC1=CC(=O)C=CC1=O. The van der Waals surface area contributed by atoms with E-state index in [-0.39, 0.29) is 36.2 Å². The minimum atomic E-state index is -0.401. The van der Waals surface area contributed by atoms with E-state index in [0.29, 0.717) is 0 Å². The minimum Gasteiger partial charge on any atom is -0.290 e. The number of rotatable bonds is 0. The van der Waals surface area contributed by atoms with Gasteiger partial charge in [-0.2, -0.15) is 5.26 Å². The Bertz CT molecular complexity index is 299. The fourth-order valence-corrected chi connectivity index (χ4v) is 0.596. The average Bonchev–Trinajstić information content (AvgIpc) is 1.94. The molecule has 0 bridgehead atoms. The lowest BCUT2D eigenvalue weighted by Gasteiger charge is -1.94. The second kappa shape index (κ2) is 5.53. The molecule has 5 heteroatoms. The fourth-order valence-electron chi connectivity index (χ4n) is 0.596. The van der Waals surface area contributed by atoms with Gasteiger partial charge < -0.3 is 0 Å². The molecule has 0 N–H and O–H groups in total. The molecule has 0 spiro atoms. The number of nitrogens with zero attached hydrogens (tertiary/aromatic N) is 1. The first-order valence-corrected chi connectivity index (χ1v) is 2.62. The zero-order valence-electron chi connectivity index (χ0n) is 5.81. The molecule has 0 aromatic heterocycles. The summed E-state index contributed by atoms with van der Waals surface area (Å²) in [7, 11) is 0. The molecule has 0 fully saturated rings. The molecule has 0 saturated carbocycles. The monoisotopic (exact) mass is 205 g/mol. The van der Waals surface area contributed by atoms with E-state index in [0.717, 1.165) is 18.2 Å². The van der Waals surface area contributed by atoms with Gasteiger partial charge in [0.25, 0.3) is 0 Å². The number of hydrogen-bond acceptors (Lipinski definition) is 3. The lowest BCUT2D eigenvalue weighted by Crippen LogP contribution is -2.05. The lowest BCUT2D eigenvalue weighted by molar-refractivity contribution is -0.114. The van der Waals surface area contributed by atoms with E-state index >= 15 is 0 Å². The van der Waals surface area contributed by atoms with Crippen molar-refractivity contribution in [3.05, 3.63) is 23.8 Å². The van der Waals surface area contributed by atoms with Gasteiger partial charge in [-0.1, -0.05) is 0 Å². The Balaban J connectivity index is 0. The molecular formula is C7H5Cl2NO2. The number of ketones is 2. The summed E-state index contributed by atoms with van der Waals surface area (Å²) in [5, 5.41) is 8.25. The zero-order chi connectivity index (χ0) is 7.56. The van der Waals surface area contributed by atoms with Crippen molar-refractivity contribution in [3.8, 4) is 6.07 Å². The van der Waals surface area contributed by atoms with Gasteiger partial charge in [0, 0.05) is 6.08 Å². The molecule has 1 aliphatic rings. The number of halogens is 2. The highest BCUT2D eigenvalue weighted by molar-refractivity contribution is 6.19. The average molecular weight is 206 g/mol. The molecular weight excluding hydrogens is 201 g/mol. The summed E-state index contributed by atoms with van der Waals surface area (Å²) >= 11 is 0. The molecule has 0 atom stereocenters. The molecule has 0 unspecified atom stereocenters. The van der Waals surface area contributed by atoms with Crippen LogP contribution in [0.25, 0.3) is 0 Å². The van der Waals surface area contributed by atoms with Crippen molar-refractivity contribution in [2.45, 2.75) is 0 Å². The van der Waals surface area contributed by atoms with Crippen LogP contribution in [0.1, 0.15) is 0 Å². The highest BCUT2D eigenvalue weighted by Gasteiger charge is 2.11. The van der Waals surface area contributed by atoms with E-state index in [1.807, 2.05) is 0 Å². The molecule has 3 nitrogen and oxygen atoms in total. The van der Waals surface area contributed by atoms with Crippen molar-refractivity contribution in [2.24, 2.45) is 0 Å². The number of hydrogen-bond donors (Lipinski definition) is 0. The highest BCUT2D eigenvalue weighted by Crippen LogP contribution is 2.02. The minimum absolute atomic E-state index is 0. The van der Waals surface area contributed by atoms with Gasteiger partial charge >= 0.3 is 0 Å². The first kappa shape index (κ1) is 13.5. The van der Waals surface area contributed by atoms with Crippen molar-refractivity contribution in [1.29, 1.82) is 5.26 Å². The Hall–Kier alpha value is -1.11. The van der Waals surface area contributed by atoms with Crippen LogP contribution in [0.3, 0.4) is 0 Å². The van der Waals surface area contributed by atoms with Crippen LogP contribution >= 0.6 is 24.8 Å². The largest absolute Gasteiger partial charge is 0.290 e. The number of carbonyl (C=O) groups excluding carboxylic acids is 2. The van der Waals surface area contributed by atoms with E-state index in [1.165, 1.54) is 0 Å². The first-order chi connectivity index (χ1) is 4.74. The van der Waals surface area contributed by atoms with E-state index in [1.54, 1.807) is 6.07 Å². The highest BCUT2D eigenvalue weighted by atomic mass is 35.5. The van der Waals surface area contributed by atoms with Crippen LogP contribution in [-0.2, 0) is 9.59 Å². The maximum absolute atomic E-state index is 10.6. The van der Waals surface area contributed by atoms with E-state index in [9.17, 15) is 9.59 Å². The van der Waals surface area contributed by atoms with Crippen LogP contribution in [0.15, 0.2) is 23.8 Å². The Morgan fingerprint density at radius 1 is 1.17 bits per heavy atom. The Morgan fingerprint density at radius 3 is 2.17 bits per heavy atom. The summed E-state index contributed by atoms with van der Waals surface area (Å²) in [4.78, 5) is 21.2. The molecule has 0 aromatic rings. The van der Waals surface area contributed by atoms with Gasteiger partial charge in [0.1, 0.15) is 11.6 Å². The third kappa shape index (κ3) is 2.87. The van der Waals surface area contributed by atoms with E-state index in [2.05, 4.69) is 0 Å². The standard InChI is InChI=1S/C7H3NO2.2ClH/c8-4-5-3-6(9)1-2-7(5)10;;/h1-3H;2*1H. The second-order valence-electron chi connectivity index (χ2n) is 1.77. The van der Waals surface area contributed by atoms with Gasteiger partial charge in [0.15, 0.2) is 11.6 Å². The van der Waals surface area contributed by atoms with Gasteiger partial charge in [0.2, 0.25) is 0 Å². The predicted octanol–water partition coefficient (Wildman–Crippen LogP) is 0.988. The summed E-state index contributed by atoms with van der Waals surface area (Å²) in [5.41, 5.74) is -0.0903. The molecule has 0 aromatic carbocycles. The zero-order valence-corrected chi connectivity index (χ0v) is 7.45. The van der Waals surface area contributed by atoms with Crippen LogP contribution in [-0.4, -0.2) is 11.6 Å². The van der Waals surface area contributed by atoms with E-state index < -0.39 is 5.78 Å². The summed E-state index contributed by atoms with van der Waals surface area (Å²) < 4.78 is 0. The summed E-state index contributed by atoms with van der Waals surface area (Å²) in [6.07, 6.45) is 3.27. The fraction of sp³-hybridized carbons (Fsp3) is 0. The molecule has 0 aliphatic heterocycles. The van der Waals surface area contributed by atoms with Gasteiger partial charge in [-0.15, -0.1) is 24.8 Å². The Morgan fingerprint density at radius 2 is 1.75 bits per heavy atom. The topological polar surface area (TPSA) is 57.9 Å². The van der Waals surface area contributed by atoms with Gasteiger partial charge in [-0.05, 0) is 12.2 Å². The first-order valence-electron chi connectivity index (χ1n) is 2.62. The summed E-state index contributed by atoms with van der Waals surface area (Å²) in [6.45, 7) is 0. The second-order valence-corrected chi connectivity index (χ2v) is 1.77.